The number of anilines is 1. The highest BCUT2D eigenvalue weighted by atomic mass is 35.5. The summed E-state index contributed by atoms with van der Waals surface area (Å²) in [6.07, 6.45) is 2.18. The van der Waals surface area contributed by atoms with Gasteiger partial charge < -0.3 is 10.2 Å². The number of para-hydroxylation sites is 1. The van der Waals surface area contributed by atoms with Gasteiger partial charge in [0.1, 0.15) is 12.6 Å². The van der Waals surface area contributed by atoms with Crippen LogP contribution in [0.1, 0.15) is 32.3 Å². The predicted octanol–water partition coefficient (Wildman–Crippen LogP) is 3.44. The van der Waals surface area contributed by atoms with Gasteiger partial charge in [0.15, 0.2) is 0 Å². The maximum atomic E-state index is 13.5. The Bertz CT molecular complexity index is 1010. The molecular formula is C23H30ClN3O4S. The van der Waals surface area contributed by atoms with Gasteiger partial charge in [-0.05, 0) is 30.5 Å². The molecule has 9 heteroatoms. The number of amides is 2. The Morgan fingerprint density at radius 2 is 1.66 bits per heavy atom. The number of benzene rings is 2. The number of carbonyl (C=O) groups is 2. The number of halogens is 1. The van der Waals surface area contributed by atoms with Crippen LogP contribution < -0.4 is 9.62 Å². The minimum absolute atomic E-state index is 0.178. The summed E-state index contributed by atoms with van der Waals surface area (Å²) >= 11 is 6.22. The largest absolute Gasteiger partial charge is 0.354 e. The van der Waals surface area contributed by atoms with E-state index in [9.17, 15) is 18.0 Å². The fourth-order valence-corrected chi connectivity index (χ4v) is 4.46. The van der Waals surface area contributed by atoms with Gasteiger partial charge in [-0.25, -0.2) is 8.42 Å². The SMILES string of the molecule is CCCNC(=O)[C@@H](CC)N(Cc1ccccc1)C(=O)CN(c1ccccc1Cl)S(C)(=O)=O. The molecule has 2 amide bonds. The van der Waals surface area contributed by atoms with Crippen LogP contribution in [-0.4, -0.2) is 50.5 Å². The van der Waals surface area contributed by atoms with Crippen LogP contribution in [0.4, 0.5) is 5.69 Å². The summed E-state index contributed by atoms with van der Waals surface area (Å²) in [6, 6.07) is 15.0. The number of sulfonamides is 1. The van der Waals surface area contributed by atoms with Crippen molar-refractivity contribution >= 4 is 39.1 Å². The molecule has 2 aromatic carbocycles. The fourth-order valence-electron chi connectivity index (χ4n) is 3.31. The van der Waals surface area contributed by atoms with E-state index in [0.717, 1.165) is 22.5 Å². The number of carbonyl (C=O) groups excluding carboxylic acids is 2. The van der Waals surface area contributed by atoms with Crippen molar-refractivity contribution in [2.45, 2.75) is 39.3 Å². The van der Waals surface area contributed by atoms with Gasteiger partial charge in [-0.1, -0.05) is 67.9 Å². The zero-order chi connectivity index (χ0) is 23.7. The molecule has 0 saturated carbocycles. The molecule has 7 nitrogen and oxygen atoms in total. The van der Waals surface area contributed by atoms with Crippen molar-refractivity contribution in [1.29, 1.82) is 0 Å². The van der Waals surface area contributed by atoms with Gasteiger partial charge in [0.25, 0.3) is 0 Å². The summed E-state index contributed by atoms with van der Waals surface area (Å²) in [5, 5.41) is 3.06. The van der Waals surface area contributed by atoms with Gasteiger partial charge in [-0.15, -0.1) is 0 Å². The Morgan fingerprint density at radius 3 is 2.22 bits per heavy atom. The third-order valence-electron chi connectivity index (χ3n) is 4.93. The second kappa shape index (κ2) is 11.9. The van der Waals surface area contributed by atoms with E-state index in [0.29, 0.717) is 13.0 Å². The van der Waals surface area contributed by atoms with E-state index < -0.39 is 28.5 Å². The molecule has 2 aromatic rings. The minimum Gasteiger partial charge on any atom is -0.354 e. The van der Waals surface area contributed by atoms with Crippen molar-refractivity contribution < 1.29 is 18.0 Å². The van der Waals surface area contributed by atoms with Crippen LogP contribution >= 0.6 is 11.6 Å². The van der Waals surface area contributed by atoms with Gasteiger partial charge in [0.05, 0.1) is 17.0 Å². The minimum atomic E-state index is -3.81. The summed E-state index contributed by atoms with van der Waals surface area (Å²) in [4.78, 5) is 27.7. The normalized spacial score (nSPS) is 12.1. The monoisotopic (exact) mass is 479 g/mol. The molecule has 0 aliphatic rings. The summed E-state index contributed by atoms with van der Waals surface area (Å²) < 4.78 is 26.0. The second-order valence-electron chi connectivity index (χ2n) is 7.44. The lowest BCUT2D eigenvalue weighted by molar-refractivity contribution is -0.140. The number of hydrogen-bond donors (Lipinski definition) is 1. The maximum absolute atomic E-state index is 13.5. The lowest BCUT2D eigenvalue weighted by Gasteiger charge is -2.33. The molecule has 0 fully saturated rings. The molecule has 0 bridgehead atoms. The van der Waals surface area contributed by atoms with Crippen LogP contribution in [0.5, 0.6) is 0 Å². The van der Waals surface area contributed by atoms with E-state index >= 15 is 0 Å². The molecule has 0 heterocycles. The zero-order valence-corrected chi connectivity index (χ0v) is 20.2. The number of rotatable bonds is 11. The number of hydrogen-bond acceptors (Lipinski definition) is 4. The highest BCUT2D eigenvalue weighted by molar-refractivity contribution is 7.92. The molecule has 0 unspecified atom stereocenters. The molecule has 174 valence electrons. The number of nitrogens with one attached hydrogen (secondary N) is 1. The third-order valence-corrected chi connectivity index (χ3v) is 6.38. The lowest BCUT2D eigenvalue weighted by atomic mass is 10.1. The van der Waals surface area contributed by atoms with Crippen LogP contribution in [0, 0.1) is 0 Å². The highest BCUT2D eigenvalue weighted by Crippen LogP contribution is 2.27. The Morgan fingerprint density at radius 1 is 1.03 bits per heavy atom. The molecule has 1 N–H and O–H groups in total. The number of nitrogens with zero attached hydrogens (tertiary/aromatic N) is 2. The Balaban J connectivity index is 2.41. The summed E-state index contributed by atoms with van der Waals surface area (Å²) in [6.45, 7) is 3.98. The molecule has 0 saturated heterocycles. The van der Waals surface area contributed by atoms with E-state index in [2.05, 4.69) is 5.32 Å². The Kier molecular flexibility index (Phi) is 9.53. The van der Waals surface area contributed by atoms with Gasteiger partial charge in [0, 0.05) is 13.1 Å². The fraction of sp³-hybridized carbons (Fsp3) is 0.391. The third kappa shape index (κ3) is 6.97. The first-order valence-electron chi connectivity index (χ1n) is 10.5. The molecule has 2 rings (SSSR count). The maximum Gasteiger partial charge on any atom is 0.244 e. The predicted molar refractivity (Wildman–Crippen MR) is 128 cm³/mol. The standard InChI is InChI=1S/C23H30ClN3O4S/c1-4-15-25-23(29)20(5-2)26(16-18-11-7-6-8-12-18)22(28)17-27(32(3,30)31)21-14-10-9-13-19(21)24/h6-14,20H,4-5,15-17H2,1-3H3,(H,25,29)/t20-/m1/s1. The van der Waals surface area contributed by atoms with E-state index in [4.69, 9.17) is 11.6 Å². The smallest absolute Gasteiger partial charge is 0.244 e. The highest BCUT2D eigenvalue weighted by Gasteiger charge is 2.32. The van der Waals surface area contributed by atoms with Gasteiger partial charge in [-0.2, -0.15) is 0 Å². The summed E-state index contributed by atoms with van der Waals surface area (Å²) in [7, 11) is -3.81. The first-order valence-corrected chi connectivity index (χ1v) is 12.7. The van der Waals surface area contributed by atoms with Gasteiger partial charge in [-0.3, -0.25) is 13.9 Å². The topological polar surface area (TPSA) is 86.8 Å². The van der Waals surface area contributed by atoms with E-state index in [1.807, 2.05) is 44.2 Å². The lowest BCUT2D eigenvalue weighted by Crippen LogP contribution is -2.52. The van der Waals surface area contributed by atoms with Crippen LogP contribution in [0.3, 0.4) is 0 Å². The van der Waals surface area contributed by atoms with E-state index in [1.54, 1.807) is 24.3 Å². The van der Waals surface area contributed by atoms with Crippen LogP contribution in [0.2, 0.25) is 5.02 Å². The van der Waals surface area contributed by atoms with Crippen molar-refractivity contribution in [2.24, 2.45) is 0 Å². The average molecular weight is 480 g/mol. The van der Waals surface area contributed by atoms with Gasteiger partial charge in [0.2, 0.25) is 21.8 Å². The van der Waals surface area contributed by atoms with Crippen LogP contribution in [-0.2, 0) is 26.2 Å². The average Bonchev–Trinajstić information content (AvgIpc) is 2.76. The first-order chi connectivity index (χ1) is 15.2. The first kappa shape index (κ1) is 25.7. The molecule has 0 radical (unpaired) electrons. The van der Waals surface area contributed by atoms with Crippen molar-refractivity contribution in [1.82, 2.24) is 10.2 Å². The van der Waals surface area contributed by atoms with Crippen molar-refractivity contribution in [3.63, 3.8) is 0 Å². The second-order valence-corrected chi connectivity index (χ2v) is 9.76. The van der Waals surface area contributed by atoms with Crippen molar-refractivity contribution in [3.05, 3.63) is 65.2 Å². The molecule has 0 spiro atoms. The molecular weight excluding hydrogens is 450 g/mol. The molecule has 0 aliphatic heterocycles. The quantitative estimate of drug-likeness (QED) is 0.534. The van der Waals surface area contributed by atoms with E-state index in [-0.39, 0.29) is 23.2 Å². The Labute approximate surface area is 195 Å². The molecule has 1 atom stereocenters. The molecule has 0 aromatic heterocycles. The molecule has 32 heavy (non-hydrogen) atoms. The van der Waals surface area contributed by atoms with Crippen molar-refractivity contribution in [3.8, 4) is 0 Å². The van der Waals surface area contributed by atoms with E-state index in [1.165, 1.54) is 4.90 Å². The zero-order valence-electron chi connectivity index (χ0n) is 18.6. The Hall–Kier alpha value is -2.58. The summed E-state index contributed by atoms with van der Waals surface area (Å²) in [5.41, 5.74) is 1.06. The summed E-state index contributed by atoms with van der Waals surface area (Å²) in [5.74, 6) is -0.750. The molecule has 0 aliphatic carbocycles. The van der Waals surface area contributed by atoms with Crippen LogP contribution in [0.25, 0.3) is 0 Å². The van der Waals surface area contributed by atoms with Gasteiger partial charge >= 0.3 is 0 Å². The van der Waals surface area contributed by atoms with Crippen molar-refractivity contribution in [2.75, 3.05) is 23.7 Å². The van der Waals surface area contributed by atoms with Crippen LogP contribution in [0.15, 0.2) is 54.6 Å².